The number of amides is 3. The minimum atomic E-state index is -0.133. The van der Waals surface area contributed by atoms with Gasteiger partial charge in [-0.25, -0.2) is 4.79 Å². The molecule has 0 aliphatic carbocycles. The van der Waals surface area contributed by atoms with Gasteiger partial charge in [0, 0.05) is 30.6 Å². The molecule has 1 aliphatic heterocycles. The van der Waals surface area contributed by atoms with Crippen molar-refractivity contribution in [1.29, 1.82) is 0 Å². The van der Waals surface area contributed by atoms with Gasteiger partial charge in [0.2, 0.25) is 5.91 Å². The van der Waals surface area contributed by atoms with E-state index in [0.29, 0.717) is 36.8 Å². The molecule has 0 saturated carbocycles. The zero-order valence-electron chi connectivity index (χ0n) is 18.7. The van der Waals surface area contributed by atoms with E-state index in [-0.39, 0.29) is 18.4 Å². The Balaban J connectivity index is 1.53. The van der Waals surface area contributed by atoms with Crippen molar-refractivity contribution in [2.75, 3.05) is 37.5 Å². The molecule has 3 aromatic rings. The molecule has 172 valence electrons. The summed E-state index contributed by atoms with van der Waals surface area (Å²) in [5, 5.41) is 4.93. The molecule has 7 nitrogen and oxygen atoms in total. The Morgan fingerprint density at radius 1 is 1.03 bits per heavy atom. The summed E-state index contributed by atoms with van der Waals surface area (Å²) in [6.45, 7) is 1.77. The Kier molecular flexibility index (Phi) is 7.14. The molecule has 1 saturated heterocycles. The first-order valence-corrected chi connectivity index (χ1v) is 11.6. The summed E-state index contributed by atoms with van der Waals surface area (Å²) in [7, 11) is 3.21. The van der Waals surface area contributed by atoms with Gasteiger partial charge in [-0.2, -0.15) is 0 Å². The molecule has 2 aromatic carbocycles. The number of nitrogens with one attached hydrogen (secondary N) is 1. The molecule has 0 spiro atoms. The minimum Gasteiger partial charge on any atom is -0.497 e. The summed E-state index contributed by atoms with van der Waals surface area (Å²) >= 11 is 1.54. The van der Waals surface area contributed by atoms with Gasteiger partial charge in [-0.05, 0) is 47.7 Å². The average molecular weight is 466 g/mol. The molecule has 3 amide bonds. The Bertz CT molecular complexity index is 1100. The molecular formula is C25H27N3O4S. The molecule has 1 fully saturated rings. The van der Waals surface area contributed by atoms with Crippen LogP contribution in [0.3, 0.4) is 0 Å². The second-order valence-corrected chi connectivity index (χ2v) is 8.78. The second kappa shape index (κ2) is 10.4. The van der Waals surface area contributed by atoms with Crippen LogP contribution in [0.5, 0.6) is 11.5 Å². The van der Waals surface area contributed by atoms with Crippen molar-refractivity contribution < 1.29 is 19.1 Å². The highest BCUT2D eigenvalue weighted by Gasteiger charge is 2.29. The molecule has 1 N–H and O–H groups in total. The van der Waals surface area contributed by atoms with Crippen LogP contribution < -0.4 is 19.7 Å². The van der Waals surface area contributed by atoms with E-state index in [1.54, 1.807) is 42.6 Å². The summed E-state index contributed by atoms with van der Waals surface area (Å²) in [5.41, 5.74) is 2.26. The highest BCUT2D eigenvalue weighted by atomic mass is 32.1. The van der Waals surface area contributed by atoms with Crippen LogP contribution in [0.1, 0.15) is 16.9 Å². The van der Waals surface area contributed by atoms with Crippen molar-refractivity contribution in [3.8, 4) is 11.5 Å². The maximum absolute atomic E-state index is 13.4. The van der Waals surface area contributed by atoms with Gasteiger partial charge < -0.3 is 19.7 Å². The van der Waals surface area contributed by atoms with Crippen molar-refractivity contribution in [2.45, 2.75) is 19.4 Å². The summed E-state index contributed by atoms with van der Waals surface area (Å²) in [4.78, 5) is 30.6. The number of nitrogens with zero attached hydrogens (tertiary/aromatic N) is 2. The van der Waals surface area contributed by atoms with Crippen molar-refractivity contribution in [2.24, 2.45) is 0 Å². The SMILES string of the molecule is COc1ccc(CN2CCCN(c3ccc(OC)cc3NC(=O)Cc3cccs3)C2=O)cc1. The van der Waals surface area contributed by atoms with Crippen LogP contribution in [0.15, 0.2) is 60.0 Å². The maximum atomic E-state index is 13.4. The molecule has 0 radical (unpaired) electrons. The van der Waals surface area contributed by atoms with Crippen molar-refractivity contribution in [1.82, 2.24) is 4.90 Å². The lowest BCUT2D eigenvalue weighted by atomic mass is 10.1. The lowest BCUT2D eigenvalue weighted by Crippen LogP contribution is -2.49. The minimum absolute atomic E-state index is 0.0870. The number of methoxy groups -OCH3 is 2. The predicted octanol–water partition coefficient (Wildman–Crippen LogP) is 4.78. The zero-order chi connectivity index (χ0) is 23.2. The second-order valence-electron chi connectivity index (χ2n) is 7.74. The fourth-order valence-corrected chi connectivity index (χ4v) is 4.55. The van der Waals surface area contributed by atoms with Crippen molar-refractivity contribution in [3.05, 3.63) is 70.4 Å². The van der Waals surface area contributed by atoms with Crippen LogP contribution >= 0.6 is 11.3 Å². The van der Waals surface area contributed by atoms with E-state index in [9.17, 15) is 9.59 Å². The molecule has 4 rings (SSSR count). The summed E-state index contributed by atoms with van der Waals surface area (Å²) in [6.07, 6.45) is 1.11. The van der Waals surface area contributed by atoms with E-state index in [1.165, 1.54) is 0 Å². The largest absolute Gasteiger partial charge is 0.497 e. The van der Waals surface area contributed by atoms with Gasteiger partial charge in [0.15, 0.2) is 0 Å². The summed E-state index contributed by atoms with van der Waals surface area (Å²) in [5.74, 6) is 1.27. The van der Waals surface area contributed by atoms with Crippen LogP contribution in [0.2, 0.25) is 0 Å². The molecule has 1 aromatic heterocycles. The lowest BCUT2D eigenvalue weighted by Gasteiger charge is -2.36. The third kappa shape index (κ3) is 5.46. The number of ether oxygens (including phenoxy) is 2. The van der Waals surface area contributed by atoms with E-state index in [2.05, 4.69) is 5.32 Å². The van der Waals surface area contributed by atoms with Gasteiger partial charge in [0.05, 0.1) is 32.0 Å². The van der Waals surface area contributed by atoms with E-state index < -0.39 is 0 Å². The number of hydrogen-bond acceptors (Lipinski definition) is 5. The van der Waals surface area contributed by atoms with Gasteiger partial charge in [-0.15, -0.1) is 11.3 Å². The Morgan fingerprint density at radius 2 is 1.79 bits per heavy atom. The molecule has 0 bridgehead atoms. The summed E-state index contributed by atoms with van der Waals surface area (Å²) < 4.78 is 10.6. The quantitative estimate of drug-likeness (QED) is 0.520. The first-order chi connectivity index (χ1) is 16.1. The fourth-order valence-electron chi connectivity index (χ4n) is 3.85. The standard InChI is InChI=1S/C25H27N3O4S/c1-31-19-8-6-18(7-9-19)17-27-12-4-13-28(25(27)30)23-11-10-20(32-2)15-22(23)26-24(29)16-21-5-3-14-33-21/h3,5-11,14-15H,4,12-13,16-17H2,1-2H3,(H,26,29). The highest BCUT2D eigenvalue weighted by molar-refractivity contribution is 7.10. The van der Waals surface area contributed by atoms with Gasteiger partial charge in [-0.3, -0.25) is 9.69 Å². The van der Waals surface area contributed by atoms with Crippen molar-refractivity contribution >= 4 is 34.6 Å². The van der Waals surface area contributed by atoms with E-state index in [1.807, 2.05) is 52.7 Å². The first kappa shape index (κ1) is 22.7. The molecule has 8 heteroatoms. The predicted molar refractivity (Wildman–Crippen MR) is 130 cm³/mol. The Hall–Kier alpha value is -3.52. The van der Waals surface area contributed by atoms with Gasteiger partial charge in [0.25, 0.3) is 0 Å². The number of benzene rings is 2. The smallest absolute Gasteiger partial charge is 0.324 e. The van der Waals surface area contributed by atoms with Crippen LogP contribution in [0.4, 0.5) is 16.2 Å². The molecule has 0 atom stereocenters. The van der Waals surface area contributed by atoms with E-state index in [0.717, 1.165) is 22.6 Å². The maximum Gasteiger partial charge on any atom is 0.324 e. The first-order valence-electron chi connectivity index (χ1n) is 10.8. The lowest BCUT2D eigenvalue weighted by molar-refractivity contribution is -0.115. The van der Waals surface area contributed by atoms with Gasteiger partial charge in [0.1, 0.15) is 11.5 Å². The summed E-state index contributed by atoms with van der Waals surface area (Å²) in [6, 6.07) is 16.9. The molecule has 2 heterocycles. The van der Waals surface area contributed by atoms with Crippen LogP contribution in [-0.4, -0.2) is 44.1 Å². The topological polar surface area (TPSA) is 71.1 Å². The third-order valence-corrected chi connectivity index (χ3v) is 6.40. The van der Waals surface area contributed by atoms with Crippen LogP contribution in [0, 0.1) is 0 Å². The average Bonchev–Trinajstić information content (AvgIpc) is 3.34. The van der Waals surface area contributed by atoms with E-state index >= 15 is 0 Å². The Morgan fingerprint density at radius 3 is 2.48 bits per heavy atom. The number of carbonyl (C=O) groups excluding carboxylic acids is 2. The number of hydrogen-bond donors (Lipinski definition) is 1. The van der Waals surface area contributed by atoms with Crippen molar-refractivity contribution in [3.63, 3.8) is 0 Å². The molecule has 1 aliphatic rings. The monoisotopic (exact) mass is 465 g/mol. The van der Waals surface area contributed by atoms with Gasteiger partial charge in [-0.1, -0.05) is 18.2 Å². The Labute approximate surface area is 197 Å². The highest BCUT2D eigenvalue weighted by Crippen LogP contribution is 2.33. The number of carbonyl (C=O) groups is 2. The number of urea groups is 1. The van der Waals surface area contributed by atoms with Crippen LogP contribution in [0.25, 0.3) is 0 Å². The molecular weight excluding hydrogens is 438 g/mol. The van der Waals surface area contributed by atoms with Gasteiger partial charge >= 0.3 is 6.03 Å². The normalized spacial score (nSPS) is 13.7. The number of rotatable bonds is 8. The number of anilines is 2. The molecule has 33 heavy (non-hydrogen) atoms. The van der Waals surface area contributed by atoms with Crippen LogP contribution in [-0.2, 0) is 17.8 Å². The zero-order valence-corrected chi connectivity index (χ0v) is 19.6. The molecule has 0 unspecified atom stereocenters. The number of thiophene rings is 1. The third-order valence-electron chi connectivity index (χ3n) is 5.53. The fraction of sp³-hybridized carbons (Fsp3) is 0.280. The van der Waals surface area contributed by atoms with E-state index in [4.69, 9.17) is 9.47 Å².